The molecule has 2 N–H and O–H groups in total. The van der Waals surface area contributed by atoms with Gasteiger partial charge in [-0.2, -0.15) is 0 Å². The molecule has 2 saturated carbocycles. The molecule has 4 rings (SSSR count). The van der Waals surface area contributed by atoms with Gasteiger partial charge in [0.1, 0.15) is 11.2 Å². The Morgan fingerprint density at radius 3 is 1.30 bits per heavy atom. The number of carbonyl (C=O) groups is 2. The van der Waals surface area contributed by atoms with Crippen molar-refractivity contribution >= 4 is 12.2 Å². The molecule has 0 aromatic rings. The minimum Gasteiger partial charge on any atom is -0.444 e. The van der Waals surface area contributed by atoms with Gasteiger partial charge in [0, 0.05) is 13.1 Å². The molecule has 2 saturated heterocycles. The molecule has 8 heteroatoms. The molecular weight excluding hydrogens is 388 g/mol. The fourth-order valence-corrected chi connectivity index (χ4v) is 4.29. The van der Waals surface area contributed by atoms with E-state index in [-0.39, 0.29) is 24.4 Å². The molecule has 2 heterocycles. The van der Waals surface area contributed by atoms with Crippen molar-refractivity contribution in [1.29, 1.82) is 0 Å². The van der Waals surface area contributed by atoms with Crippen molar-refractivity contribution in [3.8, 4) is 0 Å². The second-order valence-electron chi connectivity index (χ2n) is 11.2. The van der Waals surface area contributed by atoms with Crippen LogP contribution in [0.4, 0.5) is 9.59 Å². The molecule has 2 aliphatic carbocycles. The van der Waals surface area contributed by atoms with Crippen molar-refractivity contribution < 1.29 is 29.3 Å². The Kier molecular flexibility index (Phi) is 6.31. The highest BCUT2D eigenvalue weighted by Gasteiger charge is 2.49. The maximum Gasteiger partial charge on any atom is 0.410 e. The molecule has 0 aromatic carbocycles. The van der Waals surface area contributed by atoms with Gasteiger partial charge in [-0.15, -0.1) is 0 Å². The van der Waals surface area contributed by atoms with Crippen LogP contribution in [0, 0.1) is 23.7 Å². The van der Waals surface area contributed by atoms with Gasteiger partial charge < -0.3 is 29.5 Å². The number of hydrogen-bond acceptors (Lipinski definition) is 6. The first-order valence-electron chi connectivity index (χ1n) is 11.1. The number of ether oxygens (including phenoxy) is 2. The van der Waals surface area contributed by atoms with Crippen LogP contribution in [-0.4, -0.2) is 81.8 Å². The molecule has 0 spiro atoms. The quantitative estimate of drug-likeness (QED) is 0.617. The number of piperidine rings is 2. The lowest BCUT2D eigenvalue weighted by molar-refractivity contribution is 0.000891. The first-order valence-corrected chi connectivity index (χ1v) is 11.1. The molecule has 0 radical (unpaired) electrons. The Morgan fingerprint density at radius 2 is 1.03 bits per heavy atom. The van der Waals surface area contributed by atoms with Crippen LogP contribution in [0.5, 0.6) is 0 Å². The average Bonchev–Trinajstić information content (AvgIpc) is 3.45. The number of rotatable bonds is 0. The van der Waals surface area contributed by atoms with Crippen LogP contribution in [0.15, 0.2) is 0 Å². The second kappa shape index (κ2) is 8.19. The maximum atomic E-state index is 11.7. The van der Waals surface area contributed by atoms with E-state index in [0.717, 1.165) is 25.9 Å². The van der Waals surface area contributed by atoms with Crippen LogP contribution >= 0.6 is 0 Å². The number of carbonyl (C=O) groups excluding carboxylic acids is 2. The zero-order valence-corrected chi connectivity index (χ0v) is 19.1. The van der Waals surface area contributed by atoms with E-state index < -0.39 is 11.2 Å². The lowest BCUT2D eigenvalue weighted by atomic mass is 10.1. The second-order valence-corrected chi connectivity index (χ2v) is 11.2. The van der Waals surface area contributed by atoms with Crippen LogP contribution in [-0.2, 0) is 9.47 Å². The van der Waals surface area contributed by atoms with Crippen molar-refractivity contribution in [3.05, 3.63) is 0 Å². The van der Waals surface area contributed by atoms with Gasteiger partial charge in [-0.1, -0.05) is 0 Å². The van der Waals surface area contributed by atoms with Crippen molar-refractivity contribution in [2.75, 3.05) is 26.2 Å². The third kappa shape index (κ3) is 6.23. The maximum absolute atomic E-state index is 11.7. The van der Waals surface area contributed by atoms with E-state index in [1.165, 1.54) is 0 Å². The number of aliphatic hydroxyl groups excluding tert-OH is 2. The predicted octanol–water partition coefficient (Wildman–Crippen LogP) is 2.47. The summed E-state index contributed by atoms with van der Waals surface area (Å²) in [6.07, 6.45) is 0.812. The van der Waals surface area contributed by atoms with E-state index in [2.05, 4.69) is 0 Å². The number of aliphatic hydroxyl groups is 2. The highest BCUT2D eigenvalue weighted by Crippen LogP contribution is 2.46. The Hall–Kier alpha value is -1.54. The Morgan fingerprint density at radius 1 is 0.700 bits per heavy atom. The number of β-amino-alcohol motifs (C(OH)–C–C–N with tert-alkyl or cyclic N) is 2. The first-order chi connectivity index (χ1) is 13.7. The van der Waals surface area contributed by atoms with E-state index in [1.54, 1.807) is 9.80 Å². The fourth-order valence-electron chi connectivity index (χ4n) is 4.29. The summed E-state index contributed by atoms with van der Waals surface area (Å²) in [5.41, 5.74) is -0.912. The van der Waals surface area contributed by atoms with Gasteiger partial charge in [-0.25, -0.2) is 9.59 Å². The fraction of sp³-hybridized carbons (Fsp3) is 0.909. The predicted molar refractivity (Wildman–Crippen MR) is 111 cm³/mol. The van der Waals surface area contributed by atoms with Crippen LogP contribution in [0.3, 0.4) is 0 Å². The summed E-state index contributed by atoms with van der Waals surface area (Å²) in [5, 5.41) is 19.4. The standard InChI is InChI=1S/2C11H19NO3/c2*1-11(2,3)15-10(14)12-5-7-4-8(7)9(13)6-12/h2*7-9,13H,4-6H2,1-3H3/t2*7-,8-,9-/m10/s1. The Labute approximate surface area is 179 Å². The van der Waals surface area contributed by atoms with Crippen LogP contribution in [0.1, 0.15) is 54.4 Å². The average molecular weight is 427 g/mol. The van der Waals surface area contributed by atoms with E-state index in [4.69, 9.17) is 9.47 Å². The Balaban J connectivity index is 0.000000171. The number of hydrogen-bond donors (Lipinski definition) is 2. The largest absolute Gasteiger partial charge is 0.444 e. The lowest BCUT2D eigenvalue weighted by Crippen LogP contribution is -2.45. The molecule has 6 atom stereocenters. The molecule has 4 fully saturated rings. The first kappa shape index (κ1) is 23.1. The van der Waals surface area contributed by atoms with Gasteiger partial charge >= 0.3 is 12.2 Å². The van der Waals surface area contributed by atoms with Gasteiger partial charge in [-0.05, 0) is 78.1 Å². The van der Waals surface area contributed by atoms with Crippen molar-refractivity contribution in [1.82, 2.24) is 9.80 Å². The van der Waals surface area contributed by atoms with Crippen LogP contribution in [0.2, 0.25) is 0 Å². The smallest absolute Gasteiger partial charge is 0.410 e. The van der Waals surface area contributed by atoms with E-state index >= 15 is 0 Å². The number of amides is 2. The van der Waals surface area contributed by atoms with Gasteiger partial charge in [0.15, 0.2) is 0 Å². The monoisotopic (exact) mass is 426 g/mol. The van der Waals surface area contributed by atoms with Crippen LogP contribution in [0.25, 0.3) is 0 Å². The molecule has 2 amide bonds. The molecule has 0 bridgehead atoms. The third-order valence-electron chi connectivity index (χ3n) is 5.97. The van der Waals surface area contributed by atoms with E-state index in [0.29, 0.717) is 36.8 Å². The van der Waals surface area contributed by atoms with Crippen LogP contribution < -0.4 is 0 Å². The van der Waals surface area contributed by atoms with E-state index in [9.17, 15) is 19.8 Å². The van der Waals surface area contributed by atoms with Crippen molar-refractivity contribution in [2.24, 2.45) is 23.7 Å². The molecule has 2 aliphatic heterocycles. The zero-order chi connectivity index (χ0) is 22.4. The van der Waals surface area contributed by atoms with Gasteiger partial charge in [0.2, 0.25) is 0 Å². The summed E-state index contributed by atoms with van der Waals surface area (Å²) in [6.45, 7) is 13.5. The molecule has 4 aliphatic rings. The molecule has 30 heavy (non-hydrogen) atoms. The van der Waals surface area contributed by atoms with Crippen molar-refractivity contribution in [3.63, 3.8) is 0 Å². The van der Waals surface area contributed by atoms with E-state index in [1.807, 2.05) is 41.5 Å². The number of nitrogens with zero attached hydrogens (tertiary/aromatic N) is 2. The minimum atomic E-state index is -0.456. The molecule has 0 unspecified atom stereocenters. The Bertz CT molecular complexity index is 599. The topological polar surface area (TPSA) is 99.5 Å². The van der Waals surface area contributed by atoms with Gasteiger partial charge in [0.25, 0.3) is 0 Å². The lowest BCUT2D eigenvalue weighted by Gasteiger charge is -2.31. The summed E-state index contributed by atoms with van der Waals surface area (Å²) < 4.78 is 10.5. The zero-order valence-electron chi connectivity index (χ0n) is 19.1. The SMILES string of the molecule is CC(C)(C)OC(=O)N1C[C@@H]2C[C@@H]2[C@@H](O)C1.CC(C)(C)OC(=O)N1C[C@H]2C[C@H]2[C@H](O)C1. The number of fused-ring (bicyclic) bond motifs is 2. The molecule has 8 nitrogen and oxygen atoms in total. The molecule has 172 valence electrons. The summed E-state index contributed by atoms with van der Waals surface area (Å²) in [6, 6.07) is 0. The highest BCUT2D eigenvalue weighted by molar-refractivity contribution is 5.69. The van der Waals surface area contributed by atoms with Gasteiger partial charge in [0.05, 0.1) is 25.3 Å². The summed E-state index contributed by atoms with van der Waals surface area (Å²) in [7, 11) is 0. The summed E-state index contributed by atoms with van der Waals surface area (Å²) in [5.74, 6) is 1.87. The van der Waals surface area contributed by atoms with Crippen molar-refractivity contribution in [2.45, 2.75) is 77.8 Å². The molecule has 0 aromatic heterocycles. The summed E-state index contributed by atoms with van der Waals surface area (Å²) >= 11 is 0. The molecular formula is C22H38N2O6. The third-order valence-corrected chi connectivity index (χ3v) is 5.97. The highest BCUT2D eigenvalue weighted by atomic mass is 16.6. The normalized spacial score (nSPS) is 34.7. The summed E-state index contributed by atoms with van der Waals surface area (Å²) in [4.78, 5) is 26.7. The number of likely N-dealkylation sites (tertiary alicyclic amines) is 2. The minimum absolute atomic E-state index is 0.299. The van der Waals surface area contributed by atoms with Gasteiger partial charge in [-0.3, -0.25) is 0 Å².